The predicted octanol–water partition coefficient (Wildman–Crippen LogP) is 21.5. The molecule has 0 saturated carbocycles. The van der Waals surface area contributed by atoms with Crippen LogP contribution in [0.1, 0.15) is 0 Å². The van der Waals surface area contributed by atoms with Gasteiger partial charge in [0.2, 0.25) is 0 Å². The smallest absolute Gasteiger partial charge is 0.146 e. The lowest BCUT2D eigenvalue weighted by Gasteiger charge is -2.12. The van der Waals surface area contributed by atoms with E-state index < -0.39 is 0 Å². The van der Waals surface area contributed by atoms with Crippen LogP contribution in [0.15, 0.2) is 285 Å². The lowest BCUT2D eigenvalue weighted by molar-refractivity contribution is 1.32. The molecule has 19 aromatic rings. The van der Waals surface area contributed by atoms with Crippen LogP contribution in [0.4, 0.5) is 0 Å². The Hall–Kier alpha value is -11.1. The Labute approximate surface area is 491 Å². The van der Waals surface area contributed by atoms with Crippen LogP contribution in [0.25, 0.3) is 174 Å². The SMILES string of the molecule is c1ccc(-c2ccc(-c3ccc(-c4ccc5c(c4)c4ccccc4c4nc6c7ccccc7c7ccccc7c6n54)cc3)s2)cc1.c1ccc2nc(-c3ccc4c(c3)c3ccccc3c3nc5c6ccccc6c6ccccc6c5n43)ccc2c1. The molecule has 6 heterocycles. The summed E-state index contributed by atoms with van der Waals surface area (Å²) in [5, 5.41) is 18.1. The highest BCUT2D eigenvalue weighted by Crippen LogP contribution is 2.43. The summed E-state index contributed by atoms with van der Waals surface area (Å²) >= 11 is 1.84. The van der Waals surface area contributed by atoms with Crippen molar-refractivity contribution in [3.63, 3.8) is 0 Å². The van der Waals surface area contributed by atoms with Crippen molar-refractivity contribution in [2.75, 3.05) is 0 Å². The van der Waals surface area contributed by atoms with Crippen LogP contribution in [0.2, 0.25) is 0 Å². The standard InChI is InChI=1S/C43H26N2S.C36H21N3/c1-2-10-28(11-3-1)39-24-25-40(46-39)29-20-18-27(19-21-29)30-22-23-38-37(26-30)33-14-6-9-17-36(33)43-44-41-34-15-7-4-12-31(34)32-13-5-8-16-35(32)42(41)45(38)43;1-8-16-31-22(9-1)17-19-32(37-31)23-18-20-33-30(21-23)26-12-4-7-15-29(26)36-38-34-27-13-5-2-10-24(27)25-11-3-6-14-28(25)35(34)39(33)36/h1-26H;1-21H. The lowest BCUT2D eigenvalue weighted by Crippen LogP contribution is -1.93. The normalized spacial score (nSPS) is 12.0. The minimum Gasteiger partial charge on any atom is -0.291 e. The summed E-state index contributed by atoms with van der Waals surface area (Å²) in [6.45, 7) is 0. The quantitative estimate of drug-likeness (QED) is 0.165. The van der Waals surface area contributed by atoms with Gasteiger partial charge in [0.1, 0.15) is 11.3 Å². The van der Waals surface area contributed by atoms with Gasteiger partial charge in [-0.2, -0.15) is 0 Å². The van der Waals surface area contributed by atoms with E-state index in [0.717, 1.165) is 60.9 Å². The largest absolute Gasteiger partial charge is 0.291 e. The molecule has 0 bridgehead atoms. The molecule has 0 unspecified atom stereocenters. The molecule has 0 atom stereocenters. The Bertz CT molecular complexity index is 5970. The number of thiophene rings is 1. The van der Waals surface area contributed by atoms with Crippen molar-refractivity contribution in [2.45, 2.75) is 0 Å². The molecule has 85 heavy (non-hydrogen) atoms. The van der Waals surface area contributed by atoms with Gasteiger partial charge >= 0.3 is 0 Å². The summed E-state index contributed by atoms with van der Waals surface area (Å²) in [5.74, 6) is 0. The van der Waals surface area contributed by atoms with Crippen LogP contribution in [-0.4, -0.2) is 23.8 Å². The Morgan fingerprint density at radius 2 is 0.635 bits per heavy atom. The van der Waals surface area contributed by atoms with Gasteiger partial charge in [-0.3, -0.25) is 8.80 Å². The van der Waals surface area contributed by atoms with E-state index in [1.165, 1.54) is 113 Å². The number of aromatic nitrogens is 5. The zero-order chi connectivity index (χ0) is 55.7. The number of nitrogens with zero attached hydrogens (tertiary/aromatic N) is 5. The second-order valence-corrected chi connectivity index (χ2v) is 23.3. The number of fused-ring (bicyclic) bond motifs is 27. The van der Waals surface area contributed by atoms with E-state index in [-0.39, 0.29) is 0 Å². The van der Waals surface area contributed by atoms with Gasteiger partial charge in [-0.25, -0.2) is 15.0 Å². The van der Waals surface area contributed by atoms with Crippen molar-refractivity contribution in [3.8, 4) is 43.3 Å². The lowest BCUT2D eigenvalue weighted by atomic mass is 9.98. The Balaban J connectivity index is 0.000000131. The summed E-state index contributed by atoms with van der Waals surface area (Å²) in [6.07, 6.45) is 0. The first-order chi connectivity index (χ1) is 42.2. The maximum absolute atomic E-state index is 5.38. The number of para-hydroxylation sites is 1. The first kappa shape index (κ1) is 47.6. The van der Waals surface area contributed by atoms with Crippen molar-refractivity contribution in [2.24, 2.45) is 0 Å². The molecule has 0 saturated heterocycles. The Morgan fingerprint density at radius 1 is 0.247 bits per heavy atom. The maximum Gasteiger partial charge on any atom is 0.146 e. The highest BCUT2D eigenvalue weighted by Gasteiger charge is 2.22. The molecular weight excluding hydrogens is 1050 g/mol. The highest BCUT2D eigenvalue weighted by molar-refractivity contribution is 7.18. The van der Waals surface area contributed by atoms with Crippen molar-refractivity contribution in [1.29, 1.82) is 0 Å². The third-order valence-corrected chi connectivity index (χ3v) is 18.7. The summed E-state index contributed by atoms with van der Waals surface area (Å²) < 4.78 is 4.77. The second kappa shape index (κ2) is 18.7. The molecule has 0 spiro atoms. The minimum absolute atomic E-state index is 0.978. The Kier molecular flexibility index (Phi) is 10.5. The number of imidazole rings is 2. The molecule has 0 radical (unpaired) electrons. The molecule has 0 aliphatic carbocycles. The van der Waals surface area contributed by atoms with E-state index in [9.17, 15) is 0 Å². The number of hydrogen-bond acceptors (Lipinski definition) is 4. The minimum atomic E-state index is 0.978. The summed E-state index contributed by atoms with van der Waals surface area (Å²) in [4.78, 5) is 18.3. The highest BCUT2D eigenvalue weighted by atomic mass is 32.1. The number of hydrogen-bond donors (Lipinski definition) is 0. The molecule has 6 aromatic heterocycles. The van der Waals surface area contributed by atoms with E-state index in [1.54, 1.807) is 0 Å². The monoisotopic (exact) mass is 1100 g/mol. The fourth-order valence-electron chi connectivity index (χ4n) is 13.6. The molecule has 394 valence electrons. The molecule has 0 N–H and O–H groups in total. The molecule has 6 heteroatoms. The van der Waals surface area contributed by atoms with E-state index in [1.807, 2.05) is 17.4 Å². The third-order valence-electron chi connectivity index (χ3n) is 17.5. The second-order valence-electron chi connectivity index (χ2n) is 22.2. The van der Waals surface area contributed by atoms with E-state index >= 15 is 0 Å². The van der Waals surface area contributed by atoms with Crippen LogP contribution >= 0.6 is 11.3 Å². The van der Waals surface area contributed by atoms with Gasteiger partial charge in [0.05, 0.1) is 44.3 Å². The van der Waals surface area contributed by atoms with E-state index in [2.05, 4.69) is 288 Å². The zero-order valence-corrected chi connectivity index (χ0v) is 46.6. The van der Waals surface area contributed by atoms with Gasteiger partial charge < -0.3 is 0 Å². The van der Waals surface area contributed by atoms with Gasteiger partial charge in [-0.05, 0) is 103 Å². The first-order valence-corrected chi connectivity index (χ1v) is 29.7. The number of pyridine rings is 3. The van der Waals surface area contributed by atoms with Gasteiger partial charge in [0.25, 0.3) is 0 Å². The fraction of sp³-hybridized carbons (Fsp3) is 0. The van der Waals surface area contributed by atoms with Gasteiger partial charge in [0.15, 0.2) is 0 Å². The van der Waals surface area contributed by atoms with Gasteiger partial charge in [0, 0.05) is 63.8 Å². The third kappa shape index (κ3) is 7.32. The van der Waals surface area contributed by atoms with Gasteiger partial charge in [-0.1, -0.05) is 237 Å². The number of rotatable bonds is 4. The van der Waals surface area contributed by atoms with Crippen molar-refractivity contribution in [1.82, 2.24) is 23.8 Å². The molecule has 0 aliphatic rings. The molecule has 19 rings (SSSR count). The fourth-order valence-corrected chi connectivity index (χ4v) is 14.6. The Morgan fingerprint density at radius 3 is 1.18 bits per heavy atom. The topological polar surface area (TPSA) is 47.5 Å². The summed E-state index contributed by atoms with van der Waals surface area (Å²) in [7, 11) is 0. The van der Waals surface area contributed by atoms with E-state index in [0.29, 0.717) is 0 Å². The van der Waals surface area contributed by atoms with E-state index in [4.69, 9.17) is 15.0 Å². The van der Waals surface area contributed by atoms with Crippen LogP contribution in [0.3, 0.4) is 0 Å². The van der Waals surface area contributed by atoms with Crippen molar-refractivity contribution < 1.29 is 0 Å². The van der Waals surface area contributed by atoms with Crippen LogP contribution in [0, 0.1) is 0 Å². The summed E-state index contributed by atoms with van der Waals surface area (Å²) in [6, 6.07) is 102. The average molecular weight is 1100 g/mol. The molecular formula is C79H47N5S. The van der Waals surface area contributed by atoms with Crippen LogP contribution in [-0.2, 0) is 0 Å². The van der Waals surface area contributed by atoms with Crippen molar-refractivity contribution >= 4 is 142 Å². The molecule has 5 nitrogen and oxygen atoms in total. The first-order valence-electron chi connectivity index (χ1n) is 28.9. The predicted molar refractivity (Wildman–Crippen MR) is 360 cm³/mol. The molecule has 0 fully saturated rings. The van der Waals surface area contributed by atoms with Crippen LogP contribution < -0.4 is 0 Å². The van der Waals surface area contributed by atoms with Crippen LogP contribution in [0.5, 0.6) is 0 Å². The summed E-state index contributed by atoms with van der Waals surface area (Å²) in [5.41, 5.74) is 16.8. The van der Waals surface area contributed by atoms with Gasteiger partial charge in [-0.15, -0.1) is 11.3 Å². The molecule has 0 amide bonds. The average Bonchev–Trinajstić information content (AvgIpc) is 1.75. The number of benzene rings is 13. The zero-order valence-electron chi connectivity index (χ0n) is 45.8. The maximum atomic E-state index is 5.38. The molecule has 13 aromatic carbocycles. The molecule has 0 aliphatic heterocycles. The van der Waals surface area contributed by atoms with Crippen molar-refractivity contribution in [3.05, 3.63) is 285 Å².